The molecule has 3 aromatic rings. The van der Waals surface area contributed by atoms with Crippen LogP contribution in [-0.4, -0.2) is 15.7 Å². The van der Waals surface area contributed by atoms with Crippen LogP contribution >= 0.6 is 11.6 Å². The van der Waals surface area contributed by atoms with Crippen LogP contribution in [0.1, 0.15) is 5.56 Å². The van der Waals surface area contributed by atoms with Crippen LogP contribution < -0.4 is 5.76 Å². The molecule has 0 unspecified atom stereocenters. The number of benzene rings is 2. The number of nitrogens with zero attached hydrogens (tertiary/aromatic N) is 2. The normalized spacial score (nSPS) is 10.6. The van der Waals surface area contributed by atoms with Gasteiger partial charge in [0.05, 0.1) is 5.02 Å². The summed E-state index contributed by atoms with van der Waals surface area (Å²) in [5.41, 5.74) is 0.667. The molecular formula is C17H12ClFN2O4. The highest BCUT2D eigenvalue weighted by molar-refractivity contribution is 6.31. The smallest absolute Gasteiger partial charge is 0.437 e. The fourth-order valence-electron chi connectivity index (χ4n) is 2.09. The summed E-state index contributed by atoms with van der Waals surface area (Å²) in [6, 6.07) is 12.9. The first-order valence-corrected chi connectivity index (χ1v) is 7.64. The number of hydrogen-bond donors (Lipinski definition) is 0. The van der Waals surface area contributed by atoms with Crippen LogP contribution in [0.2, 0.25) is 5.02 Å². The Morgan fingerprint density at radius 1 is 1.20 bits per heavy atom. The van der Waals surface area contributed by atoms with Crippen LogP contribution in [0.15, 0.2) is 57.7 Å². The maximum atomic E-state index is 13.6. The molecule has 0 saturated heterocycles. The van der Waals surface area contributed by atoms with Gasteiger partial charge in [-0.1, -0.05) is 35.9 Å². The molecule has 0 saturated carbocycles. The molecule has 3 rings (SSSR count). The third kappa shape index (κ3) is 3.95. The van der Waals surface area contributed by atoms with Crippen molar-refractivity contribution in [2.75, 3.05) is 0 Å². The van der Waals surface area contributed by atoms with Crippen molar-refractivity contribution in [3.63, 3.8) is 0 Å². The second-order valence-electron chi connectivity index (χ2n) is 5.06. The van der Waals surface area contributed by atoms with Crippen LogP contribution in [0.25, 0.3) is 11.5 Å². The summed E-state index contributed by atoms with van der Waals surface area (Å²) in [4.78, 5) is 23.7. The monoisotopic (exact) mass is 362 g/mol. The van der Waals surface area contributed by atoms with E-state index in [4.69, 9.17) is 20.8 Å². The van der Waals surface area contributed by atoms with Gasteiger partial charge in [0.2, 0.25) is 5.89 Å². The summed E-state index contributed by atoms with van der Waals surface area (Å²) >= 11 is 5.86. The number of ether oxygens (including phenoxy) is 1. The number of esters is 1. The molecule has 25 heavy (non-hydrogen) atoms. The average Bonchev–Trinajstić information content (AvgIpc) is 2.96. The molecule has 6 nitrogen and oxygen atoms in total. The third-order valence-electron chi connectivity index (χ3n) is 3.35. The van der Waals surface area contributed by atoms with E-state index >= 15 is 0 Å². The number of rotatable bonds is 5. The van der Waals surface area contributed by atoms with Gasteiger partial charge in [0, 0.05) is 11.1 Å². The molecule has 0 fully saturated rings. The highest BCUT2D eigenvalue weighted by Gasteiger charge is 2.15. The minimum Gasteiger partial charge on any atom is -0.459 e. The molecule has 0 aliphatic rings. The van der Waals surface area contributed by atoms with Crippen molar-refractivity contribution in [3.8, 4) is 11.5 Å². The Kier molecular flexibility index (Phi) is 4.95. The lowest BCUT2D eigenvalue weighted by Crippen LogP contribution is -2.23. The molecule has 0 aliphatic heterocycles. The summed E-state index contributed by atoms with van der Waals surface area (Å²) < 4.78 is 24.4. The molecule has 128 valence electrons. The molecular weight excluding hydrogens is 351 g/mol. The molecule has 0 atom stereocenters. The SMILES string of the molecule is O=C(Cn1nc(-c2ccccc2)oc1=O)OCc1c(F)cccc1Cl. The summed E-state index contributed by atoms with van der Waals surface area (Å²) in [5, 5.41) is 4.10. The maximum Gasteiger partial charge on any atom is 0.437 e. The van der Waals surface area contributed by atoms with E-state index in [0.717, 1.165) is 4.68 Å². The Hall–Kier alpha value is -2.93. The number of carbonyl (C=O) groups excluding carboxylic acids is 1. The van der Waals surface area contributed by atoms with Crippen molar-refractivity contribution in [1.29, 1.82) is 0 Å². The topological polar surface area (TPSA) is 74.3 Å². The summed E-state index contributed by atoms with van der Waals surface area (Å²) in [5.74, 6) is -2.05. The van der Waals surface area contributed by atoms with Gasteiger partial charge in [0.25, 0.3) is 0 Å². The molecule has 8 heteroatoms. The summed E-state index contributed by atoms with van der Waals surface area (Å²) in [7, 11) is 0. The zero-order valence-corrected chi connectivity index (χ0v) is 13.6. The summed E-state index contributed by atoms with van der Waals surface area (Å²) in [6.45, 7) is -0.802. The van der Waals surface area contributed by atoms with Crippen molar-refractivity contribution in [2.45, 2.75) is 13.2 Å². The fraction of sp³-hybridized carbons (Fsp3) is 0.118. The molecule has 2 aromatic carbocycles. The summed E-state index contributed by atoms with van der Waals surface area (Å²) in [6.07, 6.45) is 0. The third-order valence-corrected chi connectivity index (χ3v) is 3.70. The number of carbonyl (C=O) groups is 1. The Labute approximate surface area is 146 Å². The number of hydrogen-bond acceptors (Lipinski definition) is 5. The van der Waals surface area contributed by atoms with Crippen molar-refractivity contribution < 1.29 is 18.3 Å². The number of halogens is 2. The first-order chi connectivity index (χ1) is 12.0. The van der Waals surface area contributed by atoms with E-state index < -0.39 is 24.1 Å². The fourth-order valence-corrected chi connectivity index (χ4v) is 2.31. The van der Waals surface area contributed by atoms with Gasteiger partial charge < -0.3 is 9.15 Å². The molecule has 0 spiro atoms. The second kappa shape index (κ2) is 7.31. The van der Waals surface area contributed by atoms with Gasteiger partial charge in [-0.15, -0.1) is 5.10 Å². The minimum atomic E-state index is -0.792. The number of aromatic nitrogens is 2. The van der Waals surface area contributed by atoms with Crippen molar-refractivity contribution in [1.82, 2.24) is 9.78 Å². The minimum absolute atomic E-state index is 0.0648. The van der Waals surface area contributed by atoms with Crippen molar-refractivity contribution in [3.05, 3.63) is 75.5 Å². The van der Waals surface area contributed by atoms with E-state index in [1.165, 1.54) is 18.2 Å². The predicted molar refractivity (Wildman–Crippen MR) is 87.4 cm³/mol. The van der Waals surface area contributed by atoms with Crippen LogP contribution in [0.5, 0.6) is 0 Å². The van der Waals surface area contributed by atoms with Gasteiger partial charge in [-0.25, -0.2) is 9.18 Å². The Morgan fingerprint density at radius 2 is 1.96 bits per heavy atom. The Balaban J connectivity index is 1.68. The highest BCUT2D eigenvalue weighted by Crippen LogP contribution is 2.20. The molecule has 0 bridgehead atoms. The molecule has 0 N–H and O–H groups in total. The lowest BCUT2D eigenvalue weighted by Gasteiger charge is -2.07. The van der Waals surface area contributed by atoms with Gasteiger partial charge >= 0.3 is 11.7 Å². The van der Waals surface area contributed by atoms with E-state index in [9.17, 15) is 14.0 Å². The van der Waals surface area contributed by atoms with Crippen molar-refractivity contribution in [2.24, 2.45) is 0 Å². The lowest BCUT2D eigenvalue weighted by atomic mass is 10.2. The van der Waals surface area contributed by atoms with Gasteiger partial charge in [0.1, 0.15) is 19.0 Å². The molecule has 1 aromatic heterocycles. The zero-order valence-electron chi connectivity index (χ0n) is 12.8. The van der Waals surface area contributed by atoms with Crippen molar-refractivity contribution >= 4 is 17.6 Å². The predicted octanol–water partition coefficient (Wildman–Crippen LogP) is 3.04. The largest absolute Gasteiger partial charge is 0.459 e. The second-order valence-corrected chi connectivity index (χ2v) is 5.46. The van der Waals surface area contributed by atoms with E-state index in [0.29, 0.717) is 5.56 Å². The molecule has 0 aliphatic carbocycles. The van der Waals surface area contributed by atoms with E-state index in [1.54, 1.807) is 24.3 Å². The van der Waals surface area contributed by atoms with Gasteiger partial charge in [0.15, 0.2) is 0 Å². The van der Waals surface area contributed by atoms with Gasteiger partial charge in [-0.05, 0) is 24.3 Å². The average molecular weight is 363 g/mol. The molecule has 0 radical (unpaired) electrons. The maximum absolute atomic E-state index is 13.6. The molecule has 0 amide bonds. The van der Waals surface area contributed by atoms with E-state index in [1.807, 2.05) is 6.07 Å². The first kappa shape index (κ1) is 16.9. The van der Waals surface area contributed by atoms with Crippen LogP contribution in [0.3, 0.4) is 0 Å². The molecule has 1 heterocycles. The first-order valence-electron chi connectivity index (χ1n) is 7.26. The highest BCUT2D eigenvalue weighted by atomic mass is 35.5. The van der Waals surface area contributed by atoms with Gasteiger partial charge in [-0.3, -0.25) is 4.79 Å². The van der Waals surface area contributed by atoms with Crippen LogP contribution in [-0.2, 0) is 22.7 Å². The zero-order chi connectivity index (χ0) is 17.8. The van der Waals surface area contributed by atoms with E-state index in [-0.39, 0.29) is 23.1 Å². The van der Waals surface area contributed by atoms with Crippen LogP contribution in [0, 0.1) is 5.82 Å². The Bertz CT molecular complexity index is 933. The quantitative estimate of drug-likeness (QED) is 0.652. The standard InChI is InChI=1S/C17H12ClFN2O4/c18-13-7-4-8-14(19)12(13)10-24-15(22)9-21-17(23)25-16(20-21)11-5-2-1-3-6-11/h1-8H,9-10H2. The Morgan fingerprint density at radius 3 is 2.68 bits per heavy atom. The van der Waals surface area contributed by atoms with Gasteiger partial charge in [-0.2, -0.15) is 4.68 Å². The van der Waals surface area contributed by atoms with E-state index in [2.05, 4.69) is 5.10 Å². The lowest BCUT2D eigenvalue weighted by molar-refractivity contribution is -0.146. The van der Waals surface area contributed by atoms with Crippen LogP contribution in [0.4, 0.5) is 4.39 Å².